The van der Waals surface area contributed by atoms with E-state index in [4.69, 9.17) is 14.2 Å². The summed E-state index contributed by atoms with van der Waals surface area (Å²) in [5.74, 6) is 1.90. The molecule has 2 aromatic heterocycles. The highest BCUT2D eigenvalue weighted by Crippen LogP contribution is 2.33. The van der Waals surface area contributed by atoms with Gasteiger partial charge in [0.2, 0.25) is 0 Å². The Morgan fingerprint density at radius 3 is 2.85 bits per heavy atom. The molecule has 41 heavy (non-hydrogen) atoms. The van der Waals surface area contributed by atoms with E-state index in [0.29, 0.717) is 35.9 Å². The fourth-order valence-corrected chi connectivity index (χ4v) is 5.00. The van der Waals surface area contributed by atoms with Gasteiger partial charge in [-0.25, -0.2) is 4.98 Å². The van der Waals surface area contributed by atoms with Crippen LogP contribution in [-0.2, 0) is 17.8 Å². The molecule has 4 bridgehead atoms. The van der Waals surface area contributed by atoms with E-state index in [-0.39, 0.29) is 25.0 Å². The van der Waals surface area contributed by atoms with E-state index < -0.39 is 0 Å². The van der Waals surface area contributed by atoms with Gasteiger partial charge in [0.1, 0.15) is 11.6 Å². The molecule has 2 amide bonds. The van der Waals surface area contributed by atoms with Crippen LogP contribution in [0.25, 0.3) is 28.0 Å². The van der Waals surface area contributed by atoms with Gasteiger partial charge in [0.25, 0.3) is 11.8 Å². The first-order chi connectivity index (χ1) is 20.0. The molecule has 5 aromatic rings. The number of rotatable bonds is 6. The SMILES string of the molecule is COc1ccc2[nH]cc(CCNC(=O)c3cc4cc(c3)-n3ccnc3-c3ccc(OC)c(c3)OCC(=O)NC4)c2c1. The molecule has 1 aliphatic heterocycles. The number of nitrogens with zero attached hydrogens (tertiary/aromatic N) is 2. The van der Waals surface area contributed by atoms with Gasteiger partial charge in [0.15, 0.2) is 18.1 Å². The van der Waals surface area contributed by atoms with Crippen molar-refractivity contribution in [1.29, 1.82) is 0 Å². The van der Waals surface area contributed by atoms with Crippen molar-refractivity contribution in [3.63, 3.8) is 0 Å². The third kappa shape index (κ3) is 5.31. The number of ether oxygens (including phenoxy) is 3. The summed E-state index contributed by atoms with van der Waals surface area (Å²) in [6, 6.07) is 16.9. The Balaban J connectivity index is 1.28. The van der Waals surface area contributed by atoms with Gasteiger partial charge in [-0.15, -0.1) is 0 Å². The van der Waals surface area contributed by atoms with Gasteiger partial charge in [-0.2, -0.15) is 0 Å². The van der Waals surface area contributed by atoms with Crippen LogP contribution < -0.4 is 24.8 Å². The maximum atomic E-state index is 13.4. The quantitative estimate of drug-likeness (QED) is 0.293. The first kappa shape index (κ1) is 26.0. The average Bonchev–Trinajstić information content (AvgIpc) is 3.65. The Kier molecular flexibility index (Phi) is 7.03. The largest absolute Gasteiger partial charge is 0.497 e. The molecule has 0 saturated heterocycles. The van der Waals surface area contributed by atoms with Crippen LogP contribution in [-0.4, -0.2) is 53.7 Å². The van der Waals surface area contributed by atoms with Crippen molar-refractivity contribution in [1.82, 2.24) is 25.2 Å². The lowest BCUT2D eigenvalue weighted by Gasteiger charge is -2.14. The van der Waals surface area contributed by atoms with Crippen LogP contribution in [0, 0.1) is 0 Å². The smallest absolute Gasteiger partial charge is 0.258 e. The third-order valence-electron chi connectivity index (χ3n) is 7.08. The zero-order valence-electron chi connectivity index (χ0n) is 22.7. The van der Waals surface area contributed by atoms with Crippen molar-refractivity contribution in [3.8, 4) is 34.3 Å². The van der Waals surface area contributed by atoms with Gasteiger partial charge in [-0.3, -0.25) is 14.2 Å². The second kappa shape index (κ2) is 11.1. The van der Waals surface area contributed by atoms with Gasteiger partial charge in [-0.05, 0) is 72.1 Å². The first-order valence-electron chi connectivity index (χ1n) is 13.2. The van der Waals surface area contributed by atoms with Crippen LogP contribution in [0.4, 0.5) is 0 Å². The molecule has 0 atom stereocenters. The number of hydrogen-bond acceptors (Lipinski definition) is 6. The number of carbonyl (C=O) groups excluding carboxylic acids is 2. The van der Waals surface area contributed by atoms with Gasteiger partial charge in [0, 0.05) is 59.4 Å². The van der Waals surface area contributed by atoms with Crippen molar-refractivity contribution in [3.05, 3.63) is 89.9 Å². The topological polar surface area (TPSA) is 120 Å². The Morgan fingerprint density at radius 2 is 2.00 bits per heavy atom. The number of methoxy groups -OCH3 is 2. The molecule has 0 aliphatic carbocycles. The molecule has 0 unspecified atom stereocenters. The molecule has 208 valence electrons. The van der Waals surface area contributed by atoms with Gasteiger partial charge >= 0.3 is 0 Å². The number of amides is 2. The van der Waals surface area contributed by atoms with Gasteiger partial charge < -0.3 is 29.8 Å². The monoisotopic (exact) mass is 551 g/mol. The van der Waals surface area contributed by atoms with Crippen molar-refractivity contribution in [2.75, 3.05) is 27.4 Å². The number of imidazole rings is 1. The van der Waals surface area contributed by atoms with Crippen molar-refractivity contribution in [2.45, 2.75) is 13.0 Å². The number of aromatic amines is 1. The van der Waals surface area contributed by atoms with Crippen LogP contribution in [0.15, 0.2) is 73.2 Å². The van der Waals surface area contributed by atoms with Crippen molar-refractivity contribution < 1.29 is 23.8 Å². The molecular formula is C31H29N5O5. The fourth-order valence-electron chi connectivity index (χ4n) is 5.00. The molecule has 10 nitrogen and oxygen atoms in total. The number of benzene rings is 3. The molecule has 0 radical (unpaired) electrons. The lowest BCUT2D eigenvalue weighted by atomic mass is 10.1. The summed E-state index contributed by atoms with van der Waals surface area (Å²) in [5.41, 5.74) is 4.88. The van der Waals surface area contributed by atoms with E-state index in [1.807, 2.05) is 53.4 Å². The van der Waals surface area contributed by atoms with E-state index in [0.717, 1.165) is 39.0 Å². The van der Waals surface area contributed by atoms with Crippen LogP contribution in [0.5, 0.6) is 17.2 Å². The molecule has 3 N–H and O–H groups in total. The summed E-state index contributed by atoms with van der Waals surface area (Å²) in [7, 11) is 3.19. The van der Waals surface area contributed by atoms with Crippen LogP contribution >= 0.6 is 0 Å². The Labute approximate surface area is 236 Å². The van der Waals surface area contributed by atoms with E-state index in [1.54, 1.807) is 38.6 Å². The van der Waals surface area contributed by atoms with Crippen molar-refractivity contribution >= 4 is 22.7 Å². The Hall–Kier alpha value is -5.25. The summed E-state index contributed by atoms with van der Waals surface area (Å²) in [6.45, 7) is 0.495. The summed E-state index contributed by atoms with van der Waals surface area (Å²) >= 11 is 0. The fraction of sp³-hybridized carbons (Fsp3) is 0.194. The normalized spacial score (nSPS) is 12.7. The van der Waals surface area contributed by atoms with Crippen LogP contribution in [0.3, 0.4) is 0 Å². The molecule has 0 fully saturated rings. The lowest BCUT2D eigenvalue weighted by Crippen LogP contribution is -2.29. The molecule has 10 heteroatoms. The molecule has 1 aliphatic rings. The number of fused-ring (bicyclic) bond motifs is 8. The van der Waals surface area contributed by atoms with Crippen molar-refractivity contribution in [2.24, 2.45) is 0 Å². The molecular weight excluding hydrogens is 522 g/mol. The number of hydrogen-bond donors (Lipinski definition) is 3. The minimum Gasteiger partial charge on any atom is -0.497 e. The molecule has 6 rings (SSSR count). The maximum absolute atomic E-state index is 13.4. The number of nitrogens with one attached hydrogen (secondary N) is 3. The second-order valence-electron chi connectivity index (χ2n) is 9.67. The van der Waals surface area contributed by atoms with E-state index >= 15 is 0 Å². The Morgan fingerprint density at radius 1 is 1.10 bits per heavy atom. The first-order valence-corrected chi connectivity index (χ1v) is 13.2. The highest BCUT2D eigenvalue weighted by Gasteiger charge is 2.17. The Bertz CT molecular complexity index is 1760. The van der Waals surface area contributed by atoms with Crippen LogP contribution in [0.2, 0.25) is 0 Å². The zero-order valence-corrected chi connectivity index (χ0v) is 22.7. The number of carbonyl (C=O) groups is 2. The molecule has 3 heterocycles. The highest BCUT2D eigenvalue weighted by atomic mass is 16.5. The van der Waals surface area contributed by atoms with E-state index in [1.165, 1.54) is 0 Å². The summed E-state index contributed by atoms with van der Waals surface area (Å²) in [6.07, 6.45) is 6.15. The van der Waals surface area contributed by atoms with Gasteiger partial charge in [0.05, 0.1) is 14.2 Å². The second-order valence-corrected chi connectivity index (χ2v) is 9.67. The predicted octanol–water partition coefficient (Wildman–Crippen LogP) is 4.02. The predicted molar refractivity (Wildman–Crippen MR) is 154 cm³/mol. The van der Waals surface area contributed by atoms with E-state index in [2.05, 4.69) is 20.6 Å². The molecule has 3 aromatic carbocycles. The minimum atomic E-state index is -0.291. The van der Waals surface area contributed by atoms with E-state index in [9.17, 15) is 9.59 Å². The lowest BCUT2D eigenvalue weighted by molar-refractivity contribution is -0.123. The molecule has 0 spiro atoms. The third-order valence-corrected chi connectivity index (χ3v) is 7.08. The number of H-pyrrole nitrogens is 1. The highest BCUT2D eigenvalue weighted by molar-refractivity contribution is 5.95. The standard InChI is InChI=1S/C31H29N5O5/c1-39-24-4-5-26-25(15-24)21(17-34-26)7-8-33-31(38)22-11-19-12-23(13-22)36-10-9-32-30(36)20-3-6-27(40-2)28(14-20)41-18-29(37)35-16-19/h3-6,9-15,17,34H,7-8,16,18H2,1-2H3,(H,33,38)(H,35,37). The zero-order chi connectivity index (χ0) is 28.3. The van der Waals surface area contributed by atoms with Crippen LogP contribution in [0.1, 0.15) is 21.5 Å². The average molecular weight is 552 g/mol. The summed E-state index contributed by atoms with van der Waals surface area (Å²) < 4.78 is 18.5. The summed E-state index contributed by atoms with van der Waals surface area (Å²) in [5, 5.41) is 6.98. The summed E-state index contributed by atoms with van der Waals surface area (Å²) in [4.78, 5) is 33.8. The maximum Gasteiger partial charge on any atom is 0.258 e. The minimum absolute atomic E-state index is 0.180. The molecule has 0 saturated carbocycles. The van der Waals surface area contributed by atoms with Gasteiger partial charge in [-0.1, -0.05) is 0 Å². The number of aromatic nitrogens is 3.